The van der Waals surface area contributed by atoms with Crippen molar-refractivity contribution in [3.63, 3.8) is 0 Å². The Morgan fingerprint density at radius 2 is 1.50 bits per heavy atom. The quantitative estimate of drug-likeness (QED) is 0.586. The van der Waals surface area contributed by atoms with Gasteiger partial charge in [-0.25, -0.2) is 9.15 Å². The molecule has 0 aliphatic carbocycles. The Hall–Kier alpha value is -2.36. The first-order chi connectivity index (χ1) is 8.77. The van der Waals surface area contributed by atoms with Gasteiger partial charge in [0.1, 0.15) is 0 Å². The summed E-state index contributed by atoms with van der Waals surface area (Å²) in [5.74, 6) is 0. The standard InChI is InChI=1S/C14H12O4/c1-9-8-12(11-6-4-3-5-7-11)14-13(10(9)2)15-17-18-16-14/h3-8H,1-2H3. The van der Waals surface area contributed by atoms with Gasteiger partial charge in [0, 0.05) is 11.1 Å². The molecule has 4 nitrogen and oxygen atoms in total. The van der Waals surface area contributed by atoms with Crippen LogP contribution in [0.25, 0.3) is 22.3 Å². The Morgan fingerprint density at radius 1 is 0.833 bits per heavy atom. The molecule has 0 spiro atoms. The fourth-order valence-corrected chi connectivity index (χ4v) is 1.97. The molecular formula is C14H12O4. The van der Waals surface area contributed by atoms with Crippen LogP contribution in [-0.4, -0.2) is 0 Å². The molecule has 4 heteroatoms. The van der Waals surface area contributed by atoms with Gasteiger partial charge in [0.25, 0.3) is 0 Å². The summed E-state index contributed by atoms with van der Waals surface area (Å²) < 4.78 is 19.0. The van der Waals surface area contributed by atoms with Gasteiger partial charge in [0.2, 0.25) is 11.2 Å². The smallest absolute Gasteiger partial charge is 0.238 e. The molecule has 0 unspecified atom stereocenters. The normalized spacial score (nSPS) is 10.8. The van der Waals surface area contributed by atoms with Gasteiger partial charge in [0.15, 0.2) is 0 Å². The fraction of sp³-hybridized carbons (Fsp3) is 0.143. The molecule has 92 valence electrons. The monoisotopic (exact) mass is 244 g/mol. The van der Waals surface area contributed by atoms with Crippen LogP contribution < -0.4 is 0 Å². The van der Waals surface area contributed by atoms with Crippen LogP contribution in [0.4, 0.5) is 0 Å². The molecule has 0 bridgehead atoms. The lowest BCUT2D eigenvalue weighted by Crippen LogP contribution is -1.88. The van der Waals surface area contributed by atoms with Crippen molar-refractivity contribution in [2.75, 3.05) is 0 Å². The maximum atomic E-state index is 5.10. The summed E-state index contributed by atoms with van der Waals surface area (Å²) in [6, 6.07) is 12.0. The Balaban J connectivity index is 2.40. The Morgan fingerprint density at radius 3 is 2.22 bits per heavy atom. The lowest BCUT2D eigenvalue weighted by Gasteiger charge is -2.07. The molecule has 2 aromatic carbocycles. The molecule has 3 aromatic rings. The number of hydrogen-bond acceptors (Lipinski definition) is 4. The third-order valence-corrected chi connectivity index (χ3v) is 3.09. The van der Waals surface area contributed by atoms with Gasteiger partial charge in [-0.1, -0.05) is 30.3 Å². The summed E-state index contributed by atoms with van der Waals surface area (Å²) in [7, 11) is 0. The van der Waals surface area contributed by atoms with E-state index in [1.54, 1.807) is 0 Å². The van der Waals surface area contributed by atoms with Crippen molar-refractivity contribution in [3.8, 4) is 11.1 Å². The second-order valence-electron chi connectivity index (χ2n) is 4.19. The third-order valence-electron chi connectivity index (χ3n) is 3.09. The van der Waals surface area contributed by atoms with E-state index in [1.165, 1.54) is 0 Å². The summed E-state index contributed by atoms with van der Waals surface area (Å²) in [5.41, 5.74) is 5.10. The number of aryl methyl sites for hydroxylation is 2. The lowest BCUT2D eigenvalue weighted by atomic mass is 9.99. The van der Waals surface area contributed by atoms with Crippen molar-refractivity contribution in [1.29, 1.82) is 0 Å². The minimum absolute atomic E-state index is 0.538. The van der Waals surface area contributed by atoms with Crippen LogP contribution in [-0.2, 0) is 0 Å². The van der Waals surface area contributed by atoms with Crippen LogP contribution in [0.2, 0.25) is 0 Å². The van der Waals surface area contributed by atoms with Crippen molar-refractivity contribution < 1.29 is 18.6 Å². The third kappa shape index (κ3) is 1.62. The molecule has 0 fully saturated rings. The molecular weight excluding hydrogens is 232 g/mol. The molecule has 18 heavy (non-hydrogen) atoms. The first kappa shape index (κ1) is 10.8. The number of rotatable bonds is 1. The second-order valence-corrected chi connectivity index (χ2v) is 4.19. The van der Waals surface area contributed by atoms with E-state index in [1.807, 2.05) is 50.2 Å². The predicted molar refractivity (Wildman–Crippen MR) is 65.6 cm³/mol. The number of benzene rings is 2. The summed E-state index contributed by atoms with van der Waals surface area (Å²) in [6.07, 6.45) is 0. The SMILES string of the molecule is Cc1cc(-c2ccccc2)c2ooooc2c1C. The number of hydrogen-bond donors (Lipinski definition) is 0. The molecule has 1 aromatic heterocycles. The van der Waals surface area contributed by atoms with Crippen LogP contribution in [0.15, 0.2) is 55.0 Å². The van der Waals surface area contributed by atoms with E-state index in [-0.39, 0.29) is 0 Å². The van der Waals surface area contributed by atoms with Crippen LogP contribution in [0.3, 0.4) is 0 Å². The molecule has 0 radical (unpaired) electrons. The molecule has 0 saturated heterocycles. The minimum Gasteiger partial charge on any atom is -0.245 e. The lowest BCUT2D eigenvalue weighted by molar-refractivity contribution is -0.295. The van der Waals surface area contributed by atoms with Gasteiger partial charge in [-0.05, 0) is 40.5 Å². The highest BCUT2D eigenvalue weighted by Gasteiger charge is 2.14. The van der Waals surface area contributed by atoms with E-state index >= 15 is 0 Å². The zero-order valence-corrected chi connectivity index (χ0v) is 10.1. The molecule has 3 rings (SSSR count). The van der Waals surface area contributed by atoms with E-state index in [2.05, 4.69) is 9.47 Å². The molecule has 0 atom stereocenters. The molecule has 0 aliphatic heterocycles. The Labute approximate surface area is 103 Å². The van der Waals surface area contributed by atoms with Gasteiger partial charge >= 0.3 is 0 Å². The zero-order chi connectivity index (χ0) is 12.5. The van der Waals surface area contributed by atoms with Crippen molar-refractivity contribution in [1.82, 2.24) is 0 Å². The van der Waals surface area contributed by atoms with Crippen molar-refractivity contribution in [3.05, 3.63) is 47.5 Å². The molecule has 0 N–H and O–H groups in total. The van der Waals surface area contributed by atoms with Crippen LogP contribution in [0, 0.1) is 13.8 Å². The molecule has 1 heterocycles. The maximum Gasteiger partial charge on any atom is 0.238 e. The highest BCUT2D eigenvalue weighted by atomic mass is 17.4. The first-order valence-corrected chi connectivity index (χ1v) is 5.65. The van der Waals surface area contributed by atoms with E-state index in [0.717, 1.165) is 22.3 Å². The summed E-state index contributed by atoms with van der Waals surface area (Å²) in [4.78, 5) is 0. The van der Waals surface area contributed by atoms with Gasteiger partial charge in [-0.2, -0.15) is 0 Å². The van der Waals surface area contributed by atoms with Crippen LogP contribution in [0.5, 0.6) is 0 Å². The summed E-state index contributed by atoms with van der Waals surface area (Å²) >= 11 is 0. The molecule has 0 amide bonds. The van der Waals surface area contributed by atoms with Gasteiger partial charge < -0.3 is 0 Å². The topological polar surface area (TPSA) is 52.6 Å². The average Bonchev–Trinajstić information content (AvgIpc) is 2.44. The van der Waals surface area contributed by atoms with Gasteiger partial charge in [-0.3, -0.25) is 0 Å². The van der Waals surface area contributed by atoms with E-state index in [4.69, 9.17) is 9.15 Å². The summed E-state index contributed by atoms with van der Waals surface area (Å²) in [6.45, 7) is 3.96. The predicted octanol–water partition coefficient (Wildman–Crippen LogP) is 4.62. The van der Waals surface area contributed by atoms with E-state index < -0.39 is 0 Å². The Bertz CT molecular complexity index is 708. The second kappa shape index (κ2) is 4.14. The minimum atomic E-state index is 0.538. The summed E-state index contributed by atoms with van der Waals surface area (Å²) in [5, 5.41) is 0. The fourth-order valence-electron chi connectivity index (χ4n) is 1.97. The van der Waals surface area contributed by atoms with Crippen molar-refractivity contribution in [2.24, 2.45) is 0 Å². The molecule has 0 saturated carbocycles. The highest BCUT2D eigenvalue weighted by Crippen LogP contribution is 2.32. The Kier molecular flexibility index (Phi) is 2.48. The van der Waals surface area contributed by atoms with E-state index in [0.29, 0.717) is 11.2 Å². The maximum absolute atomic E-state index is 5.10. The van der Waals surface area contributed by atoms with Crippen molar-refractivity contribution in [2.45, 2.75) is 13.8 Å². The van der Waals surface area contributed by atoms with Crippen LogP contribution >= 0.6 is 0 Å². The van der Waals surface area contributed by atoms with Crippen molar-refractivity contribution >= 4 is 11.2 Å². The van der Waals surface area contributed by atoms with E-state index in [9.17, 15) is 0 Å². The highest BCUT2D eigenvalue weighted by molar-refractivity contribution is 5.91. The largest absolute Gasteiger partial charge is 0.245 e. The number of fused-ring (bicyclic) bond motifs is 1. The first-order valence-electron chi connectivity index (χ1n) is 5.65. The van der Waals surface area contributed by atoms with Gasteiger partial charge in [0.05, 0.1) is 0 Å². The van der Waals surface area contributed by atoms with Crippen LogP contribution in [0.1, 0.15) is 11.1 Å². The van der Waals surface area contributed by atoms with Gasteiger partial charge in [-0.15, -0.1) is 0 Å². The average molecular weight is 244 g/mol. The zero-order valence-electron chi connectivity index (χ0n) is 10.1. The molecule has 0 aliphatic rings.